The first-order valence-electron chi connectivity index (χ1n) is 6.25. The second kappa shape index (κ2) is 6.05. The zero-order valence-corrected chi connectivity index (χ0v) is 12.6. The van der Waals surface area contributed by atoms with Crippen molar-refractivity contribution in [1.29, 1.82) is 0 Å². The molecular formula is C14H14ClN3O3. The normalized spacial score (nSPS) is 10.5. The minimum Gasteiger partial charge on any atom is -0.485 e. The van der Waals surface area contributed by atoms with Gasteiger partial charge in [0.2, 0.25) is 0 Å². The second-order valence-corrected chi connectivity index (χ2v) is 5.09. The van der Waals surface area contributed by atoms with E-state index in [-0.39, 0.29) is 12.3 Å². The van der Waals surface area contributed by atoms with E-state index in [9.17, 15) is 10.1 Å². The molecule has 2 rings (SSSR count). The summed E-state index contributed by atoms with van der Waals surface area (Å²) in [5, 5.41) is 11.3. The molecule has 0 aliphatic heterocycles. The van der Waals surface area contributed by atoms with Crippen LogP contribution in [0.1, 0.15) is 22.6 Å². The Bertz CT molecular complexity index is 684. The number of nitro groups is 1. The Kier molecular flexibility index (Phi) is 4.37. The molecule has 0 fully saturated rings. The Morgan fingerprint density at radius 1 is 1.19 bits per heavy atom. The fraction of sp³-hybridized carbons (Fsp3) is 0.286. The van der Waals surface area contributed by atoms with Gasteiger partial charge < -0.3 is 4.74 Å². The van der Waals surface area contributed by atoms with Crippen LogP contribution in [-0.2, 0) is 6.61 Å². The SMILES string of the molecule is Cc1cc(Cl)nc(COc2cc([N+](=O)[O-])c(C)cc2C)n1. The van der Waals surface area contributed by atoms with E-state index in [1.54, 1.807) is 26.0 Å². The van der Waals surface area contributed by atoms with Gasteiger partial charge in [-0.05, 0) is 38.5 Å². The van der Waals surface area contributed by atoms with E-state index in [0.29, 0.717) is 22.3 Å². The van der Waals surface area contributed by atoms with E-state index < -0.39 is 4.92 Å². The summed E-state index contributed by atoms with van der Waals surface area (Å²) in [4.78, 5) is 18.8. The van der Waals surface area contributed by atoms with Crippen molar-refractivity contribution in [2.75, 3.05) is 0 Å². The average Bonchev–Trinajstić information content (AvgIpc) is 2.36. The lowest BCUT2D eigenvalue weighted by Crippen LogP contribution is -2.04. The van der Waals surface area contributed by atoms with Gasteiger partial charge in [-0.1, -0.05) is 11.6 Å². The van der Waals surface area contributed by atoms with E-state index in [2.05, 4.69) is 9.97 Å². The molecule has 1 aromatic heterocycles. The molecule has 0 spiro atoms. The predicted molar refractivity (Wildman–Crippen MR) is 78.7 cm³/mol. The predicted octanol–water partition coefficient (Wildman–Crippen LogP) is 3.54. The molecule has 0 N–H and O–H groups in total. The van der Waals surface area contributed by atoms with Crippen LogP contribution in [0.4, 0.5) is 5.69 Å². The van der Waals surface area contributed by atoms with Gasteiger partial charge in [0.15, 0.2) is 5.82 Å². The number of hydrogen-bond acceptors (Lipinski definition) is 5. The monoisotopic (exact) mass is 307 g/mol. The molecule has 7 heteroatoms. The molecule has 0 aliphatic rings. The quantitative estimate of drug-likeness (QED) is 0.490. The van der Waals surface area contributed by atoms with Crippen molar-refractivity contribution in [3.8, 4) is 5.75 Å². The van der Waals surface area contributed by atoms with Crippen molar-refractivity contribution in [2.45, 2.75) is 27.4 Å². The number of benzene rings is 1. The summed E-state index contributed by atoms with van der Waals surface area (Å²) in [6.07, 6.45) is 0. The van der Waals surface area contributed by atoms with Crippen molar-refractivity contribution < 1.29 is 9.66 Å². The topological polar surface area (TPSA) is 78.2 Å². The minimum atomic E-state index is -0.429. The fourth-order valence-corrected chi connectivity index (χ4v) is 2.22. The van der Waals surface area contributed by atoms with Gasteiger partial charge in [-0.15, -0.1) is 0 Å². The van der Waals surface area contributed by atoms with Gasteiger partial charge in [0.25, 0.3) is 5.69 Å². The highest BCUT2D eigenvalue weighted by atomic mass is 35.5. The second-order valence-electron chi connectivity index (χ2n) is 4.70. The molecule has 2 aromatic rings. The molecule has 0 radical (unpaired) electrons. The largest absolute Gasteiger partial charge is 0.485 e. The third-order valence-electron chi connectivity index (χ3n) is 2.92. The summed E-state index contributed by atoms with van der Waals surface area (Å²) in [7, 11) is 0. The molecule has 6 nitrogen and oxygen atoms in total. The molecule has 0 bridgehead atoms. The maximum atomic E-state index is 11.0. The Morgan fingerprint density at radius 3 is 2.52 bits per heavy atom. The van der Waals surface area contributed by atoms with Crippen LogP contribution in [0.3, 0.4) is 0 Å². The van der Waals surface area contributed by atoms with Crippen molar-refractivity contribution in [2.24, 2.45) is 0 Å². The van der Waals surface area contributed by atoms with Crippen LogP contribution in [0.15, 0.2) is 18.2 Å². The van der Waals surface area contributed by atoms with E-state index in [1.807, 2.05) is 6.92 Å². The highest BCUT2D eigenvalue weighted by molar-refractivity contribution is 6.29. The number of rotatable bonds is 4. The number of nitrogens with zero attached hydrogens (tertiary/aromatic N) is 3. The number of aromatic nitrogens is 2. The Balaban J connectivity index is 2.23. The summed E-state index contributed by atoms with van der Waals surface area (Å²) < 4.78 is 5.59. The molecule has 0 atom stereocenters. The number of ether oxygens (including phenoxy) is 1. The van der Waals surface area contributed by atoms with Crippen LogP contribution < -0.4 is 4.74 Å². The van der Waals surface area contributed by atoms with Gasteiger partial charge in [-0.25, -0.2) is 9.97 Å². The van der Waals surface area contributed by atoms with Crippen LogP contribution in [0.25, 0.3) is 0 Å². The number of hydrogen-bond donors (Lipinski definition) is 0. The molecule has 0 saturated carbocycles. The van der Waals surface area contributed by atoms with Gasteiger partial charge in [-0.2, -0.15) is 0 Å². The number of nitro benzene ring substituents is 1. The average molecular weight is 308 g/mol. The van der Waals surface area contributed by atoms with Crippen LogP contribution in [0, 0.1) is 30.9 Å². The smallest absolute Gasteiger partial charge is 0.276 e. The maximum absolute atomic E-state index is 11.0. The molecule has 0 saturated heterocycles. The van der Waals surface area contributed by atoms with Crippen molar-refractivity contribution >= 4 is 17.3 Å². The van der Waals surface area contributed by atoms with Gasteiger partial charge in [-0.3, -0.25) is 10.1 Å². The Morgan fingerprint density at radius 2 is 1.90 bits per heavy atom. The third-order valence-corrected chi connectivity index (χ3v) is 3.11. The first kappa shape index (κ1) is 15.2. The molecule has 0 unspecified atom stereocenters. The standard InChI is InChI=1S/C14H14ClN3O3/c1-8-4-9(2)12(6-11(8)18(19)20)21-7-14-16-10(3)5-13(15)17-14/h4-6H,7H2,1-3H3. The van der Waals surface area contributed by atoms with Crippen LogP contribution in [0.2, 0.25) is 5.15 Å². The van der Waals surface area contributed by atoms with Gasteiger partial charge in [0.1, 0.15) is 17.5 Å². The summed E-state index contributed by atoms with van der Waals surface area (Å²) in [6.45, 7) is 5.43. The van der Waals surface area contributed by atoms with Crippen LogP contribution in [0.5, 0.6) is 5.75 Å². The molecule has 1 heterocycles. The summed E-state index contributed by atoms with van der Waals surface area (Å²) in [5.74, 6) is 0.871. The van der Waals surface area contributed by atoms with Crippen LogP contribution in [-0.4, -0.2) is 14.9 Å². The lowest BCUT2D eigenvalue weighted by Gasteiger charge is -2.10. The first-order chi connectivity index (χ1) is 9.86. The maximum Gasteiger partial charge on any atom is 0.276 e. The summed E-state index contributed by atoms with van der Waals surface area (Å²) >= 11 is 5.85. The van der Waals surface area contributed by atoms with Gasteiger partial charge in [0, 0.05) is 11.3 Å². The van der Waals surface area contributed by atoms with E-state index in [0.717, 1.165) is 11.3 Å². The van der Waals surface area contributed by atoms with Crippen molar-refractivity contribution in [3.63, 3.8) is 0 Å². The molecule has 0 amide bonds. The Labute approximate surface area is 126 Å². The fourth-order valence-electron chi connectivity index (χ4n) is 1.97. The van der Waals surface area contributed by atoms with E-state index in [1.165, 1.54) is 6.07 Å². The summed E-state index contributed by atoms with van der Waals surface area (Å²) in [6, 6.07) is 4.78. The van der Waals surface area contributed by atoms with Gasteiger partial charge >= 0.3 is 0 Å². The minimum absolute atomic E-state index is 0.0267. The lowest BCUT2D eigenvalue weighted by molar-refractivity contribution is -0.385. The molecule has 110 valence electrons. The summed E-state index contributed by atoms with van der Waals surface area (Å²) in [5.41, 5.74) is 2.18. The highest BCUT2D eigenvalue weighted by Gasteiger charge is 2.15. The first-order valence-corrected chi connectivity index (χ1v) is 6.63. The Hall–Kier alpha value is -2.21. The van der Waals surface area contributed by atoms with E-state index >= 15 is 0 Å². The van der Waals surface area contributed by atoms with Crippen LogP contribution >= 0.6 is 11.6 Å². The zero-order chi connectivity index (χ0) is 15.6. The van der Waals surface area contributed by atoms with Gasteiger partial charge in [0.05, 0.1) is 11.0 Å². The zero-order valence-electron chi connectivity index (χ0n) is 11.9. The van der Waals surface area contributed by atoms with Crippen molar-refractivity contribution in [1.82, 2.24) is 9.97 Å². The third kappa shape index (κ3) is 3.66. The lowest BCUT2D eigenvalue weighted by atomic mass is 10.1. The number of aryl methyl sites for hydroxylation is 3. The molecule has 0 aliphatic carbocycles. The highest BCUT2D eigenvalue weighted by Crippen LogP contribution is 2.28. The molecule has 21 heavy (non-hydrogen) atoms. The number of halogens is 1. The van der Waals surface area contributed by atoms with Crippen molar-refractivity contribution in [3.05, 3.63) is 56.1 Å². The molecule has 1 aromatic carbocycles. The van der Waals surface area contributed by atoms with E-state index in [4.69, 9.17) is 16.3 Å². The molecular weight excluding hydrogens is 294 g/mol.